The van der Waals surface area contributed by atoms with E-state index in [0.717, 1.165) is 0 Å². The number of carbonyl (C=O) groups is 1. The van der Waals surface area contributed by atoms with Gasteiger partial charge in [0.15, 0.2) is 5.82 Å². The van der Waals surface area contributed by atoms with Gasteiger partial charge in [-0.2, -0.15) is 16.9 Å². The Balaban J connectivity index is 2.99. The predicted molar refractivity (Wildman–Crippen MR) is 69.9 cm³/mol. The molecule has 0 spiro atoms. The summed E-state index contributed by atoms with van der Waals surface area (Å²) in [6.45, 7) is 6.23. The van der Waals surface area contributed by atoms with Crippen LogP contribution in [0.5, 0.6) is 0 Å². The number of nitrogens with one attached hydrogen (secondary N) is 1. The first kappa shape index (κ1) is 13.8. The fraction of sp³-hybridized carbons (Fsp3) is 0.545. The third kappa shape index (κ3) is 3.33. The van der Waals surface area contributed by atoms with Gasteiger partial charge in [0.1, 0.15) is 5.56 Å². The van der Waals surface area contributed by atoms with Gasteiger partial charge in [-0.3, -0.25) is 0 Å². The van der Waals surface area contributed by atoms with Crippen molar-refractivity contribution in [1.29, 1.82) is 0 Å². The first-order valence-electron chi connectivity index (χ1n) is 5.31. The van der Waals surface area contributed by atoms with Crippen LogP contribution >= 0.6 is 11.8 Å². The van der Waals surface area contributed by atoms with Crippen molar-refractivity contribution < 1.29 is 9.90 Å². The van der Waals surface area contributed by atoms with Crippen molar-refractivity contribution in [2.24, 2.45) is 0 Å². The number of aromatic carboxylic acids is 1. The quantitative estimate of drug-likeness (QED) is 0.837. The monoisotopic (exact) mass is 255 g/mol. The Kier molecular flexibility index (Phi) is 4.74. The lowest BCUT2D eigenvalue weighted by Crippen LogP contribution is -2.18. The Bertz CT molecular complexity index is 423. The lowest BCUT2D eigenvalue weighted by atomic mass is 10.1. The van der Waals surface area contributed by atoms with Gasteiger partial charge in [0.25, 0.3) is 0 Å². The molecule has 0 saturated heterocycles. The maximum absolute atomic E-state index is 11.2. The molecule has 0 aliphatic carbocycles. The maximum atomic E-state index is 11.2. The Morgan fingerprint density at radius 2 is 2.12 bits per heavy atom. The van der Waals surface area contributed by atoms with Crippen LogP contribution in [0.25, 0.3) is 0 Å². The summed E-state index contributed by atoms with van der Waals surface area (Å²) in [4.78, 5) is 11.2. The zero-order valence-electron chi connectivity index (χ0n) is 10.4. The molecule has 0 fully saturated rings. The van der Waals surface area contributed by atoms with E-state index < -0.39 is 5.97 Å². The average Bonchev–Trinajstić information content (AvgIpc) is 2.29. The number of hydrogen-bond donors (Lipinski definition) is 2. The zero-order valence-corrected chi connectivity index (χ0v) is 11.3. The van der Waals surface area contributed by atoms with E-state index >= 15 is 0 Å². The SMILES string of the molecule is CSC(C)CNc1nnc(C)c(C)c1C(=O)O. The first-order valence-corrected chi connectivity index (χ1v) is 6.60. The van der Waals surface area contributed by atoms with E-state index in [1.165, 1.54) is 0 Å². The number of carboxylic acid groups (broad SMARTS) is 1. The van der Waals surface area contributed by atoms with Gasteiger partial charge < -0.3 is 10.4 Å². The van der Waals surface area contributed by atoms with Gasteiger partial charge >= 0.3 is 5.97 Å². The second-order valence-electron chi connectivity index (χ2n) is 3.87. The molecule has 5 nitrogen and oxygen atoms in total. The Morgan fingerprint density at radius 1 is 1.47 bits per heavy atom. The van der Waals surface area contributed by atoms with Crippen LogP contribution in [0.3, 0.4) is 0 Å². The minimum Gasteiger partial charge on any atom is -0.478 e. The average molecular weight is 255 g/mol. The Labute approximate surface area is 105 Å². The van der Waals surface area contributed by atoms with Crippen molar-refractivity contribution >= 4 is 23.5 Å². The molecule has 0 amide bonds. The van der Waals surface area contributed by atoms with Crippen LogP contribution in [0, 0.1) is 13.8 Å². The van der Waals surface area contributed by atoms with E-state index in [2.05, 4.69) is 22.4 Å². The summed E-state index contributed by atoms with van der Waals surface area (Å²) in [5.74, 6) is -0.624. The number of anilines is 1. The van der Waals surface area contributed by atoms with Crippen molar-refractivity contribution in [3.05, 3.63) is 16.8 Å². The normalized spacial score (nSPS) is 12.2. The third-order valence-electron chi connectivity index (χ3n) is 2.63. The molecule has 1 atom stereocenters. The van der Waals surface area contributed by atoms with Crippen LogP contribution in [-0.4, -0.2) is 39.3 Å². The topological polar surface area (TPSA) is 75.1 Å². The van der Waals surface area contributed by atoms with Crippen molar-refractivity contribution in [2.75, 3.05) is 18.1 Å². The van der Waals surface area contributed by atoms with Gasteiger partial charge in [0, 0.05) is 11.8 Å². The molecule has 1 heterocycles. The number of aromatic nitrogens is 2. The molecule has 94 valence electrons. The van der Waals surface area contributed by atoms with E-state index in [1.54, 1.807) is 25.6 Å². The number of hydrogen-bond acceptors (Lipinski definition) is 5. The number of rotatable bonds is 5. The summed E-state index contributed by atoms with van der Waals surface area (Å²) in [7, 11) is 0. The molecular formula is C11H17N3O2S. The molecule has 0 aliphatic heterocycles. The van der Waals surface area contributed by atoms with Crippen LogP contribution in [0.4, 0.5) is 5.82 Å². The van der Waals surface area contributed by atoms with Crippen LogP contribution in [0.15, 0.2) is 0 Å². The van der Waals surface area contributed by atoms with Crippen LogP contribution in [0.2, 0.25) is 0 Å². The molecule has 0 aliphatic rings. The minimum absolute atomic E-state index is 0.214. The summed E-state index contributed by atoms with van der Waals surface area (Å²) >= 11 is 1.71. The second-order valence-corrected chi connectivity index (χ2v) is 5.14. The highest BCUT2D eigenvalue weighted by Gasteiger charge is 2.17. The first-order chi connectivity index (χ1) is 7.97. The van der Waals surface area contributed by atoms with E-state index in [1.807, 2.05) is 6.26 Å². The molecule has 1 rings (SSSR count). The minimum atomic E-state index is -0.972. The summed E-state index contributed by atoms with van der Waals surface area (Å²) in [5, 5.41) is 20.5. The van der Waals surface area contributed by atoms with E-state index in [4.69, 9.17) is 0 Å². The molecule has 1 aromatic rings. The summed E-state index contributed by atoms with van der Waals surface area (Å²) in [6, 6.07) is 0. The lowest BCUT2D eigenvalue weighted by molar-refractivity contribution is 0.0696. The van der Waals surface area contributed by atoms with Gasteiger partial charge in [-0.15, -0.1) is 5.10 Å². The van der Waals surface area contributed by atoms with Crippen LogP contribution in [-0.2, 0) is 0 Å². The summed E-state index contributed by atoms with van der Waals surface area (Å²) in [5.41, 5.74) is 1.52. The van der Waals surface area contributed by atoms with Gasteiger partial charge in [-0.05, 0) is 25.7 Å². The molecule has 2 N–H and O–H groups in total. The van der Waals surface area contributed by atoms with E-state index in [-0.39, 0.29) is 5.56 Å². The van der Waals surface area contributed by atoms with Crippen LogP contribution < -0.4 is 5.32 Å². The van der Waals surface area contributed by atoms with E-state index in [0.29, 0.717) is 28.9 Å². The van der Waals surface area contributed by atoms with E-state index in [9.17, 15) is 9.90 Å². The summed E-state index contributed by atoms with van der Waals surface area (Å²) in [6.07, 6.45) is 2.01. The Morgan fingerprint density at radius 3 is 2.65 bits per heavy atom. The number of nitrogens with zero attached hydrogens (tertiary/aromatic N) is 2. The van der Waals surface area contributed by atoms with Crippen molar-refractivity contribution in [1.82, 2.24) is 10.2 Å². The number of thioether (sulfide) groups is 1. The number of carboxylic acids is 1. The molecule has 6 heteroatoms. The number of aryl methyl sites for hydroxylation is 1. The Hall–Kier alpha value is -1.30. The van der Waals surface area contributed by atoms with Gasteiger partial charge in [0.05, 0.1) is 5.69 Å². The highest BCUT2D eigenvalue weighted by molar-refractivity contribution is 7.99. The largest absolute Gasteiger partial charge is 0.478 e. The predicted octanol–water partition coefficient (Wildman–Crippen LogP) is 1.96. The van der Waals surface area contributed by atoms with Gasteiger partial charge in [-0.1, -0.05) is 6.92 Å². The molecule has 0 bridgehead atoms. The summed E-state index contributed by atoms with van der Waals surface area (Å²) < 4.78 is 0. The molecule has 0 radical (unpaired) electrons. The molecule has 1 unspecified atom stereocenters. The molecular weight excluding hydrogens is 238 g/mol. The van der Waals surface area contributed by atoms with Crippen molar-refractivity contribution in [2.45, 2.75) is 26.0 Å². The van der Waals surface area contributed by atoms with Crippen molar-refractivity contribution in [3.8, 4) is 0 Å². The smallest absolute Gasteiger partial charge is 0.339 e. The molecule has 0 aromatic carbocycles. The van der Waals surface area contributed by atoms with Gasteiger partial charge in [0.2, 0.25) is 0 Å². The lowest BCUT2D eigenvalue weighted by Gasteiger charge is -2.13. The van der Waals surface area contributed by atoms with Gasteiger partial charge in [-0.25, -0.2) is 4.79 Å². The second kappa shape index (κ2) is 5.86. The zero-order chi connectivity index (χ0) is 13.0. The molecule has 0 saturated carbocycles. The van der Waals surface area contributed by atoms with Crippen molar-refractivity contribution in [3.63, 3.8) is 0 Å². The highest BCUT2D eigenvalue weighted by Crippen LogP contribution is 2.19. The van der Waals surface area contributed by atoms with Crippen LogP contribution in [0.1, 0.15) is 28.5 Å². The molecule has 17 heavy (non-hydrogen) atoms. The molecule has 1 aromatic heterocycles. The fourth-order valence-electron chi connectivity index (χ4n) is 1.32. The fourth-order valence-corrected chi connectivity index (χ4v) is 1.57. The standard InChI is InChI=1S/C11H17N3O2S/c1-6(17-4)5-12-10-9(11(15)16)7(2)8(3)13-14-10/h6H,5H2,1-4H3,(H,12,14)(H,15,16). The maximum Gasteiger partial charge on any atom is 0.339 e. The highest BCUT2D eigenvalue weighted by atomic mass is 32.2. The third-order valence-corrected chi connectivity index (χ3v) is 3.60.